The van der Waals surface area contributed by atoms with Gasteiger partial charge in [-0.1, -0.05) is 25.6 Å². The van der Waals surface area contributed by atoms with Crippen molar-refractivity contribution in [1.82, 2.24) is 9.55 Å². The minimum Gasteiger partial charge on any atom is -0.481 e. The van der Waals surface area contributed by atoms with Gasteiger partial charge in [0.15, 0.2) is 0 Å². The summed E-state index contributed by atoms with van der Waals surface area (Å²) in [5, 5.41) is 9.59. The summed E-state index contributed by atoms with van der Waals surface area (Å²) in [6.45, 7) is 3.94. The van der Waals surface area contributed by atoms with E-state index in [9.17, 15) is 13.6 Å². The zero-order valence-corrected chi connectivity index (χ0v) is 14.0. The molecule has 23 heavy (non-hydrogen) atoms. The topological polar surface area (TPSA) is 55.1 Å². The van der Waals surface area contributed by atoms with E-state index in [1.54, 1.807) is 11.6 Å². The van der Waals surface area contributed by atoms with Gasteiger partial charge in [0, 0.05) is 24.4 Å². The lowest BCUT2D eigenvalue weighted by atomic mass is 10.1. The molecule has 124 valence electrons. The van der Waals surface area contributed by atoms with Gasteiger partial charge in [-0.05, 0) is 18.1 Å². The van der Waals surface area contributed by atoms with Gasteiger partial charge in [-0.25, -0.2) is 13.8 Å². The number of nitrogens with zero attached hydrogens (tertiary/aromatic N) is 2. The molecule has 2 aromatic rings. The summed E-state index contributed by atoms with van der Waals surface area (Å²) in [4.78, 5) is 15.7. The first-order chi connectivity index (χ1) is 10.8. The number of carbonyl (C=O) groups is 1. The normalized spacial score (nSPS) is 11.2. The maximum absolute atomic E-state index is 13.4. The van der Waals surface area contributed by atoms with Crippen molar-refractivity contribution in [3.8, 4) is 0 Å². The fraction of sp³-hybridized carbons (Fsp3) is 0.375. The number of carboxylic acid groups (broad SMARTS) is 1. The Bertz CT molecular complexity index is 709. The summed E-state index contributed by atoms with van der Waals surface area (Å²) < 4.78 is 28.5. The number of benzene rings is 1. The minimum atomic E-state index is -0.888. The lowest BCUT2D eigenvalue weighted by Gasteiger charge is -2.09. The minimum absolute atomic E-state index is 0.0128. The quantitative estimate of drug-likeness (QED) is 0.864. The molecule has 0 aliphatic heterocycles. The van der Waals surface area contributed by atoms with Gasteiger partial charge in [-0.2, -0.15) is 0 Å². The van der Waals surface area contributed by atoms with Crippen LogP contribution in [0.4, 0.5) is 8.78 Å². The van der Waals surface area contributed by atoms with Crippen LogP contribution in [0.1, 0.15) is 37.7 Å². The molecule has 1 N–H and O–H groups in total. The van der Waals surface area contributed by atoms with E-state index in [1.807, 2.05) is 13.8 Å². The first-order valence-electron chi connectivity index (χ1n) is 7.19. The Labute approximate surface area is 137 Å². The second-order valence-electron chi connectivity index (χ2n) is 5.53. The molecule has 0 fully saturated rings. The number of aliphatic carboxylic acids is 1. The van der Waals surface area contributed by atoms with Gasteiger partial charge in [-0.3, -0.25) is 4.79 Å². The van der Waals surface area contributed by atoms with E-state index in [0.29, 0.717) is 17.1 Å². The molecular weight excluding hydrogens is 322 g/mol. The van der Waals surface area contributed by atoms with Crippen LogP contribution in [0.3, 0.4) is 0 Å². The molecule has 0 aliphatic carbocycles. The Kier molecular flexibility index (Phi) is 5.41. The van der Waals surface area contributed by atoms with Gasteiger partial charge in [0.25, 0.3) is 0 Å². The lowest BCUT2D eigenvalue weighted by molar-refractivity contribution is -0.137. The zero-order valence-electron chi connectivity index (χ0n) is 13.1. The van der Waals surface area contributed by atoms with Gasteiger partial charge >= 0.3 is 5.97 Å². The van der Waals surface area contributed by atoms with E-state index in [4.69, 9.17) is 5.11 Å². The highest BCUT2D eigenvalue weighted by Crippen LogP contribution is 2.35. The van der Waals surface area contributed by atoms with E-state index in [1.165, 1.54) is 23.9 Å². The third-order valence-corrected chi connectivity index (χ3v) is 4.47. The summed E-state index contributed by atoms with van der Waals surface area (Å²) in [5.41, 5.74) is 0.794. The monoisotopic (exact) mass is 340 g/mol. The molecule has 7 heteroatoms. The summed E-state index contributed by atoms with van der Waals surface area (Å²) in [6, 6.07) is 3.36. The first-order valence-corrected chi connectivity index (χ1v) is 8.00. The molecule has 1 heterocycles. The third-order valence-electron chi connectivity index (χ3n) is 3.32. The van der Waals surface area contributed by atoms with E-state index < -0.39 is 17.6 Å². The number of imidazole rings is 1. The van der Waals surface area contributed by atoms with Crippen LogP contribution < -0.4 is 0 Å². The Balaban J connectivity index is 2.37. The van der Waals surface area contributed by atoms with Gasteiger partial charge in [0.1, 0.15) is 22.5 Å². The first kappa shape index (κ1) is 17.5. The van der Waals surface area contributed by atoms with Crippen molar-refractivity contribution in [3.63, 3.8) is 0 Å². The molecule has 1 aromatic carbocycles. The van der Waals surface area contributed by atoms with Gasteiger partial charge < -0.3 is 9.67 Å². The second kappa shape index (κ2) is 7.12. The van der Waals surface area contributed by atoms with Gasteiger partial charge in [-0.15, -0.1) is 0 Å². The molecule has 0 bridgehead atoms. The molecule has 0 saturated carbocycles. The van der Waals surface area contributed by atoms with Crippen molar-refractivity contribution >= 4 is 17.7 Å². The number of aryl methyl sites for hydroxylation is 1. The third kappa shape index (κ3) is 4.31. The molecule has 0 unspecified atom stereocenters. The fourth-order valence-corrected chi connectivity index (χ4v) is 3.38. The summed E-state index contributed by atoms with van der Waals surface area (Å²) >= 11 is 1.23. The van der Waals surface area contributed by atoms with E-state index in [-0.39, 0.29) is 12.3 Å². The highest BCUT2D eigenvalue weighted by molar-refractivity contribution is 7.99. The zero-order chi connectivity index (χ0) is 17.1. The highest BCUT2D eigenvalue weighted by Gasteiger charge is 2.19. The largest absolute Gasteiger partial charge is 0.481 e. The van der Waals surface area contributed by atoms with Crippen molar-refractivity contribution in [2.45, 2.75) is 42.5 Å². The molecule has 0 atom stereocenters. The smallest absolute Gasteiger partial charge is 0.303 e. The van der Waals surface area contributed by atoms with Crippen LogP contribution in [0.2, 0.25) is 0 Å². The standard InChI is InChI=1S/C16H18F2N2O2S/c1-9(2)15-16(20(3)13(19-15)4-5-14(21)22)23-12-7-10(17)6-11(18)8-12/h6-9H,4-5H2,1-3H3,(H,21,22). The number of rotatable bonds is 6. The maximum Gasteiger partial charge on any atom is 0.303 e. The summed E-state index contributed by atoms with van der Waals surface area (Å²) in [5.74, 6) is -1.39. The lowest BCUT2D eigenvalue weighted by Crippen LogP contribution is -2.03. The molecule has 0 saturated heterocycles. The molecule has 1 aromatic heterocycles. The van der Waals surface area contributed by atoms with E-state index in [2.05, 4.69) is 4.98 Å². The molecule has 4 nitrogen and oxygen atoms in total. The van der Waals surface area contributed by atoms with Crippen LogP contribution in [-0.2, 0) is 18.3 Å². The predicted octanol–water partition coefficient (Wildman–Crippen LogP) is 3.99. The number of hydrogen-bond acceptors (Lipinski definition) is 3. The average Bonchev–Trinajstić information content (AvgIpc) is 2.73. The highest BCUT2D eigenvalue weighted by atomic mass is 32.2. The molecule has 0 amide bonds. The number of carboxylic acids is 1. The maximum atomic E-state index is 13.4. The van der Waals surface area contributed by atoms with Crippen LogP contribution in [0, 0.1) is 11.6 Å². The van der Waals surface area contributed by atoms with Crippen molar-refractivity contribution in [1.29, 1.82) is 0 Å². The fourth-order valence-electron chi connectivity index (χ4n) is 2.19. The number of halogens is 2. The average molecular weight is 340 g/mol. The Morgan fingerprint density at radius 3 is 2.43 bits per heavy atom. The molecule has 0 spiro atoms. The molecule has 2 rings (SSSR count). The Morgan fingerprint density at radius 1 is 1.30 bits per heavy atom. The van der Waals surface area contributed by atoms with Crippen molar-refractivity contribution < 1.29 is 18.7 Å². The summed E-state index contributed by atoms with van der Waals surface area (Å²) in [7, 11) is 1.79. The van der Waals surface area contributed by atoms with Gasteiger partial charge in [0.05, 0.1) is 12.1 Å². The molecular formula is C16H18F2N2O2S. The van der Waals surface area contributed by atoms with E-state index in [0.717, 1.165) is 16.8 Å². The van der Waals surface area contributed by atoms with Crippen LogP contribution in [-0.4, -0.2) is 20.6 Å². The van der Waals surface area contributed by atoms with Crippen LogP contribution in [0.15, 0.2) is 28.1 Å². The molecule has 0 radical (unpaired) electrons. The van der Waals surface area contributed by atoms with Crippen molar-refractivity contribution in [3.05, 3.63) is 41.4 Å². The van der Waals surface area contributed by atoms with Crippen LogP contribution in [0.25, 0.3) is 0 Å². The Hall–Kier alpha value is -1.89. The Morgan fingerprint density at radius 2 is 1.91 bits per heavy atom. The van der Waals surface area contributed by atoms with Crippen LogP contribution >= 0.6 is 11.8 Å². The van der Waals surface area contributed by atoms with Crippen molar-refractivity contribution in [2.75, 3.05) is 0 Å². The van der Waals surface area contributed by atoms with Crippen molar-refractivity contribution in [2.24, 2.45) is 7.05 Å². The second-order valence-corrected chi connectivity index (χ2v) is 6.60. The van der Waals surface area contributed by atoms with Crippen LogP contribution in [0.5, 0.6) is 0 Å². The van der Waals surface area contributed by atoms with Gasteiger partial charge in [0.2, 0.25) is 0 Å². The predicted molar refractivity (Wildman–Crippen MR) is 83.7 cm³/mol. The SMILES string of the molecule is CC(C)c1nc(CCC(=O)O)n(C)c1Sc1cc(F)cc(F)c1. The summed E-state index contributed by atoms with van der Waals surface area (Å²) in [6.07, 6.45) is 0.296. The number of aromatic nitrogens is 2. The van der Waals surface area contributed by atoms with E-state index >= 15 is 0 Å². The number of hydrogen-bond donors (Lipinski definition) is 1. The molecule has 0 aliphatic rings.